The van der Waals surface area contributed by atoms with E-state index in [0.29, 0.717) is 29.0 Å². The smallest absolute Gasteiger partial charge is 0.250 e. The van der Waals surface area contributed by atoms with Gasteiger partial charge in [0.25, 0.3) is 5.91 Å². The number of amides is 1. The van der Waals surface area contributed by atoms with Crippen molar-refractivity contribution in [3.05, 3.63) is 63.7 Å². The molecule has 6 heteroatoms. The summed E-state index contributed by atoms with van der Waals surface area (Å²) in [6, 6.07) is 12.6. The van der Waals surface area contributed by atoms with Gasteiger partial charge in [-0.1, -0.05) is 23.7 Å². The fourth-order valence-corrected chi connectivity index (χ4v) is 6.19. The Hall–Kier alpha value is -2.50. The Balaban J connectivity index is 1.09. The van der Waals surface area contributed by atoms with Crippen LogP contribution in [0, 0.1) is 12.8 Å². The molecule has 1 saturated carbocycles. The number of nitrogens with zero attached hydrogens (tertiary/aromatic N) is 1. The van der Waals surface area contributed by atoms with Gasteiger partial charge in [0.05, 0.1) is 12.7 Å². The lowest BCUT2D eigenvalue weighted by atomic mass is 9.89. The van der Waals surface area contributed by atoms with Gasteiger partial charge in [-0.25, -0.2) is 0 Å². The Morgan fingerprint density at radius 1 is 1.14 bits per heavy atom. The molecule has 0 aromatic heterocycles. The number of piperidine rings is 1. The van der Waals surface area contributed by atoms with E-state index >= 15 is 0 Å². The highest BCUT2D eigenvalue weighted by molar-refractivity contribution is 6.30. The van der Waals surface area contributed by atoms with Crippen molar-refractivity contribution in [3.8, 4) is 11.5 Å². The summed E-state index contributed by atoms with van der Waals surface area (Å²) in [5.74, 6) is 3.02. The molecule has 2 atom stereocenters. The summed E-state index contributed by atoms with van der Waals surface area (Å²) >= 11 is 6.20. The molecular formula is C29H35ClN2O3. The molecule has 2 aliphatic heterocycles. The van der Waals surface area contributed by atoms with Crippen LogP contribution in [0.3, 0.4) is 0 Å². The van der Waals surface area contributed by atoms with Crippen LogP contribution in [0.5, 0.6) is 11.5 Å². The average Bonchev–Trinajstić information content (AvgIpc) is 3.30. The van der Waals surface area contributed by atoms with Crippen molar-refractivity contribution in [2.45, 2.75) is 51.0 Å². The third-order valence-corrected chi connectivity index (χ3v) is 8.05. The van der Waals surface area contributed by atoms with Gasteiger partial charge in [0.15, 0.2) is 0 Å². The summed E-state index contributed by atoms with van der Waals surface area (Å²) in [4.78, 5) is 15.6. The fraction of sp³-hybridized carbons (Fsp3) is 0.483. The summed E-state index contributed by atoms with van der Waals surface area (Å²) < 4.78 is 11.2. The molecule has 0 unspecified atom stereocenters. The van der Waals surface area contributed by atoms with E-state index in [1.165, 1.54) is 24.8 Å². The zero-order valence-corrected chi connectivity index (χ0v) is 21.4. The van der Waals surface area contributed by atoms with Crippen LogP contribution in [-0.2, 0) is 4.79 Å². The average molecular weight is 495 g/mol. The number of carbonyl (C=O) groups excluding carboxylic acids is 1. The predicted octanol–water partition coefficient (Wildman–Crippen LogP) is 5.60. The van der Waals surface area contributed by atoms with Crippen molar-refractivity contribution in [2.24, 2.45) is 5.92 Å². The minimum atomic E-state index is -0.0146. The highest BCUT2D eigenvalue weighted by Gasteiger charge is 2.30. The second-order valence-corrected chi connectivity index (χ2v) is 10.7. The van der Waals surface area contributed by atoms with Crippen molar-refractivity contribution in [1.82, 2.24) is 10.2 Å². The molecule has 0 bridgehead atoms. The highest BCUT2D eigenvalue weighted by atomic mass is 35.5. The Labute approximate surface area is 213 Å². The lowest BCUT2D eigenvalue weighted by Gasteiger charge is -2.33. The number of methoxy groups -OCH3 is 1. The van der Waals surface area contributed by atoms with Crippen molar-refractivity contribution in [1.29, 1.82) is 0 Å². The first-order valence-electron chi connectivity index (χ1n) is 12.8. The number of likely N-dealkylation sites (tertiary alicyclic amines) is 1. The van der Waals surface area contributed by atoms with Crippen molar-refractivity contribution < 1.29 is 14.3 Å². The van der Waals surface area contributed by atoms with E-state index in [1.54, 1.807) is 7.11 Å². The first-order chi connectivity index (χ1) is 17.0. The second-order valence-electron chi connectivity index (χ2n) is 10.3. The SMILES string of the molecule is COc1ccc(C2CCN(C[C@H]3CC[C@@H](NC(=O)C4=Cc5cc(Cl)cc(C)c5OC4)C3)CC2)cc1. The molecule has 1 N–H and O–H groups in total. The van der Waals surface area contributed by atoms with Gasteiger partial charge in [0, 0.05) is 23.2 Å². The molecule has 35 heavy (non-hydrogen) atoms. The quantitative estimate of drug-likeness (QED) is 0.568. The topological polar surface area (TPSA) is 50.8 Å². The van der Waals surface area contributed by atoms with Gasteiger partial charge in [-0.3, -0.25) is 4.79 Å². The van der Waals surface area contributed by atoms with E-state index in [0.717, 1.165) is 55.1 Å². The number of aryl methyl sites for hydroxylation is 1. The van der Waals surface area contributed by atoms with Gasteiger partial charge in [-0.05, 0) is 105 Å². The summed E-state index contributed by atoms with van der Waals surface area (Å²) in [5, 5.41) is 3.93. The lowest BCUT2D eigenvalue weighted by Crippen LogP contribution is -2.38. The maximum absolute atomic E-state index is 12.9. The van der Waals surface area contributed by atoms with Crippen LogP contribution in [0.15, 0.2) is 42.0 Å². The number of ether oxygens (including phenoxy) is 2. The number of hydrogen-bond donors (Lipinski definition) is 1. The van der Waals surface area contributed by atoms with Gasteiger partial charge in [-0.2, -0.15) is 0 Å². The number of benzene rings is 2. The van der Waals surface area contributed by atoms with E-state index in [1.807, 2.05) is 25.1 Å². The highest BCUT2D eigenvalue weighted by Crippen LogP contribution is 2.34. The molecule has 5 nitrogen and oxygen atoms in total. The normalized spacial score (nSPS) is 22.8. The molecule has 2 fully saturated rings. The van der Waals surface area contributed by atoms with Crippen LogP contribution in [0.2, 0.25) is 5.02 Å². The molecule has 5 rings (SSSR count). The largest absolute Gasteiger partial charge is 0.497 e. The zero-order valence-electron chi connectivity index (χ0n) is 20.7. The first-order valence-corrected chi connectivity index (χ1v) is 13.2. The Kier molecular flexibility index (Phi) is 7.35. The molecule has 2 heterocycles. The number of fused-ring (bicyclic) bond motifs is 1. The number of hydrogen-bond acceptors (Lipinski definition) is 4. The van der Waals surface area contributed by atoms with E-state index < -0.39 is 0 Å². The van der Waals surface area contributed by atoms with E-state index in [9.17, 15) is 4.79 Å². The first kappa shape index (κ1) is 24.2. The number of halogens is 1. The molecular weight excluding hydrogens is 460 g/mol. The molecule has 186 valence electrons. The number of nitrogens with one attached hydrogen (secondary N) is 1. The van der Waals surface area contributed by atoms with Crippen LogP contribution in [-0.4, -0.2) is 50.2 Å². The van der Waals surface area contributed by atoms with Gasteiger partial charge < -0.3 is 19.7 Å². The zero-order chi connectivity index (χ0) is 24.4. The monoisotopic (exact) mass is 494 g/mol. The van der Waals surface area contributed by atoms with E-state index in [-0.39, 0.29) is 11.9 Å². The Morgan fingerprint density at radius 3 is 2.66 bits per heavy atom. The van der Waals surface area contributed by atoms with Crippen molar-refractivity contribution >= 4 is 23.6 Å². The fourth-order valence-electron chi connectivity index (χ4n) is 5.91. The van der Waals surface area contributed by atoms with Crippen LogP contribution in [0.1, 0.15) is 54.7 Å². The number of carbonyl (C=O) groups is 1. The molecule has 1 amide bonds. The predicted molar refractivity (Wildman–Crippen MR) is 140 cm³/mol. The summed E-state index contributed by atoms with van der Waals surface area (Å²) in [5.41, 5.74) is 3.97. The molecule has 0 radical (unpaired) electrons. The van der Waals surface area contributed by atoms with Crippen molar-refractivity contribution in [3.63, 3.8) is 0 Å². The molecule has 2 aromatic carbocycles. The Morgan fingerprint density at radius 2 is 1.91 bits per heavy atom. The molecule has 1 aliphatic carbocycles. The number of rotatable bonds is 6. The minimum absolute atomic E-state index is 0.0146. The van der Waals surface area contributed by atoms with Gasteiger partial charge in [0.2, 0.25) is 0 Å². The summed E-state index contributed by atoms with van der Waals surface area (Å²) in [7, 11) is 1.71. The standard InChI is InChI=1S/C29H35ClN2O3/c1-19-13-25(30)16-23-15-24(18-35-28(19)23)29(33)31-26-6-3-20(14-26)17-32-11-9-22(10-12-32)21-4-7-27(34-2)8-5-21/h4-5,7-8,13,15-16,20,22,26H,3,6,9-12,14,17-18H2,1-2H3,(H,31,33)/t20-,26+/m0/s1. The van der Waals surface area contributed by atoms with Gasteiger partial charge >= 0.3 is 0 Å². The third kappa shape index (κ3) is 5.68. The maximum atomic E-state index is 12.9. The second kappa shape index (κ2) is 10.6. The van der Waals surface area contributed by atoms with Crippen LogP contribution >= 0.6 is 11.6 Å². The van der Waals surface area contributed by atoms with Gasteiger partial charge in [0.1, 0.15) is 18.1 Å². The molecule has 3 aliphatic rings. The van der Waals surface area contributed by atoms with Gasteiger partial charge in [-0.15, -0.1) is 0 Å². The third-order valence-electron chi connectivity index (χ3n) is 7.83. The summed E-state index contributed by atoms with van der Waals surface area (Å²) in [6.45, 7) is 5.72. The van der Waals surface area contributed by atoms with Crippen molar-refractivity contribution in [2.75, 3.05) is 33.4 Å². The molecule has 2 aromatic rings. The van der Waals surface area contributed by atoms with Crippen LogP contribution in [0.25, 0.3) is 6.08 Å². The van der Waals surface area contributed by atoms with Crippen LogP contribution in [0.4, 0.5) is 0 Å². The maximum Gasteiger partial charge on any atom is 0.250 e. The molecule has 1 saturated heterocycles. The van der Waals surface area contributed by atoms with E-state index in [4.69, 9.17) is 21.1 Å². The lowest BCUT2D eigenvalue weighted by molar-refractivity contribution is -0.118. The summed E-state index contributed by atoms with van der Waals surface area (Å²) in [6.07, 6.45) is 7.62. The minimum Gasteiger partial charge on any atom is -0.497 e. The van der Waals surface area contributed by atoms with Crippen LogP contribution < -0.4 is 14.8 Å². The van der Waals surface area contributed by atoms with E-state index in [2.05, 4.69) is 34.5 Å². The Bertz CT molecular complexity index is 1090. The molecule has 0 spiro atoms.